The van der Waals surface area contributed by atoms with Crippen molar-refractivity contribution in [3.05, 3.63) is 0 Å². The highest BCUT2D eigenvalue weighted by Gasteiger charge is 2.19. The van der Waals surface area contributed by atoms with Crippen molar-refractivity contribution < 1.29 is 14.4 Å². The highest BCUT2D eigenvalue weighted by molar-refractivity contribution is 5.88. The molecule has 0 aromatic rings. The molecule has 2 N–H and O–H groups in total. The van der Waals surface area contributed by atoms with Gasteiger partial charge in [0, 0.05) is 6.42 Å². The minimum Gasteiger partial charge on any atom is -0.348 e. The number of hydrogen-bond acceptors (Lipinski definition) is 3. The van der Waals surface area contributed by atoms with Gasteiger partial charge in [0.15, 0.2) is 0 Å². The Morgan fingerprint density at radius 3 is 1.28 bits per heavy atom. The third kappa shape index (κ3) is 28.0. The highest BCUT2D eigenvalue weighted by Crippen LogP contribution is 2.15. The lowest BCUT2D eigenvalue weighted by Crippen LogP contribution is -2.47. The summed E-state index contributed by atoms with van der Waals surface area (Å²) in [5.74, 6) is -0.271. The second kappa shape index (κ2) is 31.1. The Balaban J connectivity index is 3.87. The second-order valence-corrected chi connectivity index (χ2v) is 11.7. The van der Waals surface area contributed by atoms with E-state index >= 15 is 0 Å². The molecule has 0 saturated carbocycles. The van der Waals surface area contributed by atoms with Gasteiger partial charge in [-0.15, -0.1) is 0 Å². The molecule has 5 heteroatoms. The fraction of sp³-hybridized carbons (Fsp3) is 0.912. The predicted octanol–water partition coefficient (Wildman–Crippen LogP) is 9.36. The number of amides is 2. The van der Waals surface area contributed by atoms with E-state index in [9.17, 15) is 14.4 Å². The summed E-state index contributed by atoms with van der Waals surface area (Å²) < 4.78 is 0. The van der Waals surface area contributed by atoms with Gasteiger partial charge in [-0.25, -0.2) is 0 Å². The van der Waals surface area contributed by atoms with Crippen molar-refractivity contribution in [2.24, 2.45) is 0 Å². The Morgan fingerprint density at radius 2 is 0.897 bits per heavy atom. The SMILES string of the molecule is CCCCCCCCCCCCCCCC(=O)NC(CCCCCCCCCCCCCC)C(=O)NCC=O. The number of aldehydes is 1. The summed E-state index contributed by atoms with van der Waals surface area (Å²) in [6, 6.07) is -0.525. The second-order valence-electron chi connectivity index (χ2n) is 11.7. The predicted molar refractivity (Wildman–Crippen MR) is 167 cm³/mol. The quantitative estimate of drug-likeness (QED) is 0.0667. The maximum atomic E-state index is 12.5. The molecule has 0 aliphatic rings. The van der Waals surface area contributed by atoms with E-state index in [0.717, 1.165) is 25.7 Å². The zero-order valence-corrected chi connectivity index (χ0v) is 26.2. The lowest BCUT2D eigenvalue weighted by molar-refractivity contribution is -0.129. The van der Waals surface area contributed by atoms with Crippen LogP contribution in [0.25, 0.3) is 0 Å². The number of carbonyl (C=O) groups is 3. The monoisotopic (exact) mass is 551 g/mol. The third-order valence-electron chi connectivity index (χ3n) is 7.87. The van der Waals surface area contributed by atoms with Gasteiger partial charge >= 0.3 is 0 Å². The van der Waals surface area contributed by atoms with E-state index in [1.165, 1.54) is 135 Å². The molecule has 0 fully saturated rings. The summed E-state index contributed by atoms with van der Waals surface area (Å²) in [6.07, 6.45) is 33.7. The molecule has 0 heterocycles. The van der Waals surface area contributed by atoms with Gasteiger partial charge in [0.2, 0.25) is 11.8 Å². The van der Waals surface area contributed by atoms with Crippen molar-refractivity contribution in [1.82, 2.24) is 10.6 Å². The number of nitrogens with one attached hydrogen (secondary N) is 2. The third-order valence-corrected chi connectivity index (χ3v) is 7.87. The van der Waals surface area contributed by atoms with Crippen LogP contribution >= 0.6 is 0 Å². The lowest BCUT2D eigenvalue weighted by atomic mass is 10.0. The van der Waals surface area contributed by atoms with Crippen LogP contribution in [0.15, 0.2) is 0 Å². The minimum absolute atomic E-state index is 0.00249. The average Bonchev–Trinajstić information content (AvgIpc) is 2.94. The number of carbonyl (C=O) groups excluding carboxylic acids is 3. The van der Waals surface area contributed by atoms with Gasteiger partial charge in [-0.3, -0.25) is 9.59 Å². The Labute approximate surface area is 242 Å². The zero-order chi connectivity index (χ0) is 28.7. The molecule has 230 valence electrons. The van der Waals surface area contributed by atoms with Crippen molar-refractivity contribution in [2.75, 3.05) is 6.54 Å². The average molecular weight is 551 g/mol. The lowest BCUT2D eigenvalue weighted by Gasteiger charge is -2.18. The van der Waals surface area contributed by atoms with Crippen molar-refractivity contribution in [2.45, 2.75) is 193 Å². The first-order valence-corrected chi connectivity index (χ1v) is 17.2. The van der Waals surface area contributed by atoms with Crippen LogP contribution in [0, 0.1) is 0 Å². The van der Waals surface area contributed by atoms with Gasteiger partial charge in [0.1, 0.15) is 12.3 Å². The molecule has 0 bridgehead atoms. The first-order valence-electron chi connectivity index (χ1n) is 17.2. The van der Waals surface area contributed by atoms with Gasteiger partial charge in [-0.2, -0.15) is 0 Å². The number of rotatable bonds is 31. The number of unbranched alkanes of at least 4 members (excludes halogenated alkanes) is 23. The Morgan fingerprint density at radius 1 is 0.538 bits per heavy atom. The standard InChI is InChI=1S/C34H66N2O3/c1-3-5-7-9-11-13-15-17-19-21-23-25-27-29-33(38)36-32(34(39)35-30-31-37)28-26-24-22-20-18-16-14-12-10-8-6-4-2/h31-32H,3-30H2,1-2H3,(H,35,39)(H,36,38). The first-order chi connectivity index (χ1) is 19.2. The van der Waals surface area contributed by atoms with Crippen LogP contribution in [-0.2, 0) is 14.4 Å². The van der Waals surface area contributed by atoms with Gasteiger partial charge in [0.05, 0.1) is 6.54 Å². The molecule has 0 saturated heterocycles. The summed E-state index contributed by atoms with van der Waals surface area (Å²) >= 11 is 0. The van der Waals surface area contributed by atoms with E-state index in [0.29, 0.717) is 19.1 Å². The topological polar surface area (TPSA) is 75.3 Å². The normalized spacial score (nSPS) is 11.8. The van der Waals surface area contributed by atoms with Crippen LogP contribution in [0.5, 0.6) is 0 Å². The maximum Gasteiger partial charge on any atom is 0.242 e. The van der Waals surface area contributed by atoms with Gasteiger partial charge in [-0.1, -0.05) is 168 Å². The van der Waals surface area contributed by atoms with E-state index in [2.05, 4.69) is 24.5 Å². The van der Waals surface area contributed by atoms with Crippen LogP contribution in [0.2, 0.25) is 0 Å². The van der Waals surface area contributed by atoms with Crippen molar-refractivity contribution in [3.8, 4) is 0 Å². The molecule has 0 aromatic carbocycles. The molecule has 0 radical (unpaired) electrons. The van der Waals surface area contributed by atoms with E-state index < -0.39 is 6.04 Å². The smallest absolute Gasteiger partial charge is 0.242 e. The molecular weight excluding hydrogens is 484 g/mol. The van der Waals surface area contributed by atoms with E-state index in [4.69, 9.17) is 0 Å². The van der Waals surface area contributed by atoms with Crippen molar-refractivity contribution in [1.29, 1.82) is 0 Å². The minimum atomic E-state index is -0.525. The molecular formula is C34H66N2O3. The van der Waals surface area contributed by atoms with Crippen LogP contribution in [0.4, 0.5) is 0 Å². The van der Waals surface area contributed by atoms with E-state index in [1.807, 2.05) is 0 Å². The van der Waals surface area contributed by atoms with Crippen LogP contribution in [0.1, 0.15) is 187 Å². The maximum absolute atomic E-state index is 12.5. The van der Waals surface area contributed by atoms with E-state index in [1.54, 1.807) is 0 Å². The highest BCUT2D eigenvalue weighted by atomic mass is 16.2. The molecule has 1 unspecified atom stereocenters. The fourth-order valence-electron chi connectivity index (χ4n) is 5.29. The van der Waals surface area contributed by atoms with Crippen molar-refractivity contribution in [3.63, 3.8) is 0 Å². The largest absolute Gasteiger partial charge is 0.348 e. The summed E-state index contributed by atoms with van der Waals surface area (Å²) in [7, 11) is 0. The van der Waals surface area contributed by atoms with Crippen LogP contribution < -0.4 is 10.6 Å². The Hall–Kier alpha value is -1.39. The van der Waals surface area contributed by atoms with Crippen molar-refractivity contribution >= 4 is 18.1 Å². The zero-order valence-electron chi connectivity index (χ0n) is 26.2. The fourth-order valence-corrected chi connectivity index (χ4v) is 5.29. The summed E-state index contributed by atoms with van der Waals surface area (Å²) in [6.45, 7) is 4.53. The van der Waals surface area contributed by atoms with Gasteiger partial charge in [-0.05, 0) is 12.8 Å². The van der Waals surface area contributed by atoms with Crippen LogP contribution in [0.3, 0.4) is 0 Å². The summed E-state index contributed by atoms with van der Waals surface area (Å²) in [5, 5.41) is 5.57. The molecule has 2 amide bonds. The molecule has 1 atom stereocenters. The van der Waals surface area contributed by atoms with Gasteiger partial charge < -0.3 is 15.4 Å². The molecule has 0 aromatic heterocycles. The van der Waals surface area contributed by atoms with Gasteiger partial charge in [0.25, 0.3) is 0 Å². The molecule has 39 heavy (non-hydrogen) atoms. The van der Waals surface area contributed by atoms with Crippen LogP contribution in [-0.4, -0.2) is 30.7 Å². The Kier molecular flexibility index (Phi) is 30.0. The summed E-state index contributed by atoms with van der Waals surface area (Å²) in [5.41, 5.74) is 0. The first kappa shape index (κ1) is 37.6. The molecule has 0 aliphatic heterocycles. The molecule has 0 rings (SSSR count). The summed E-state index contributed by atoms with van der Waals surface area (Å²) in [4.78, 5) is 35.6. The van der Waals surface area contributed by atoms with E-state index in [-0.39, 0.29) is 18.4 Å². The molecule has 0 aliphatic carbocycles. The molecule has 0 spiro atoms. The molecule has 5 nitrogen and oxygen atoms in total. The Bertz CT molecular complexity index is 553. The number of hydrogen-bond donors (Lipinski definition) is 2.